The van der Waals surface area contributed by atoms with E-state index in [2.05, 4.69) is 31.1 Å². The van der Waals surface area contributed by atoms with Crippen molar-refractivity contribution in [1.29, 1.82) is 5.26 Å². The molecular weight excluding hydrogens is 436 g/mol. The maximum absolute atomic E-state index is 13.6. The fourth-order valence-corrected chi connectivity index (χ4v) is 4.33. The Morgan fingerprint density at radius 1 is 1.15 bits per heavy atom. The number of carbonyl (C=O) groups excluding carboxylic acids is 2. The van der Waals surface area contributed by atoms with Gasteiger partial charge in [0.2, 0.25) is 11.8 Å². The van der Waals surface area contributed by atoms with Gasteiger partial charge in [-0.25, -0.2) is 4.98 Å². The van der Waals surface area contributed by atoms with Gasteiger partial charge in [-0.3, -0.25) is 14.5 Å². The van der Waals surface area contributed by atoms with Gasteiger partial charge in [-0.15, -0.1) is 11.6 Å². The lowest BCUT2D eigenvalue weighted by Gasteiger charge is -2.33. The van der Waals surface area contributed by atoms with Crippen molar-refractivity contribution in [2.75, 3.05) is 10.8 Å². The monoisotopic (exact) mass is 466 g/mol. The van der Waals surface area contributed by atoms with Crippen LogP contribution < -0.4 is 10.2 Å². The quantitative estimate of drug-likeness (QED) is 0.606. The molecule has 1 saturated carbocycles. The predicted molar refractivity (Wildman–Crippen MR) is 130 cm³/mol. The van der Waals surface area contributed by atoms with Crippen LogP contribution in [0.2, 0.25) is 0 Å². The molecule has 1 fully saturated rings. The van der Waals surface area contributed by atoms with Crippen molar-refractivity contribution < 1.29 is 9.59 Å². The first-order valence-electron chi connectivity index (χ1n) is 11.4. The normalized spacial score (nSPS) is 15.4. The van der Waals surface area contributed by atoms with Crippen molar-refractivity contribution in [2.24, 2.45) is 0 Å². The number of nitrogens with one attached hydrogen (secondary N) is 1. The van der Waals surface area contributed by atoms with Gasteiger partial charge in [-0.05, 0) is 42.0 Å². The van der Waals surface area contributed by atoms with Crippen LogP contribution in [0.25, 0.3) is 0 Å². The number of hydrogen-bond acceptors (Lipinski definition) is 4. The summed E-state index contributed by atoms with van der Waals surface area (Å²) in [4.78, 5) is 32.2. The fourth-order valence-electron chi connectivity index (χ4n) is 4.20. The van der Waals surface area contributed by atoms with Gasteiger partial charge in [0.25, 0.3) is 0 Å². The molecule has 1 unspecified atom stereocenters. The minimum Gasteiger partial charge on any atom is -0.351 e. The number of halogens is 1. The van der Waals surface area contributed by atoms with E-state index in [-0.39, 0.29) is 34.8 Å². The second-order valence-electron chi connectivity index (χ2n) is 9.53. The molecule has 0 radical (unpaired) electrons. The van der Waals surface area contributed by atoms with E-state index in [1.165, 1.54) is 17.5 Å². The molecule has 0 bridgehead atoms. The molecule has 1 aliphatic carbocycles. The minimum atomic E-state index is -0.945. The third-order valence-corrected chi connectivity index (χ3v) is 6.30. The number of pyridine rings is 1. The van der Waals surface area contributed by atoms with Crippen molar-refractivity contribution in [3.05, 3.63) is 59.4 Å². The molecule has 1 aromatic heterocycles. The fraction of sp³-hybridized carbons (Fsp3) is 0.462. The second kappa shape index (κ2) is 10.8. The summed E-state index contributed by atoms with van der Waals surface area (Å²) in [6.45, 7) is 6.35. The lowest BCUT2D eigenvalue weighted by atomic mass is 9.87. The molecule has 2 amide bonds. The van der Waals surface area contributed by atoms with Gasteiger partial charge >= 0.3 is 0 Å². The van der Waals surface area contributed by atoms with Gasteiger partial charge < -0.3 is 5.32 Å². The molecule has 7 heteroatoms. The number of carbonyl (C=O) groups is 2. The van der Waals surface area contributed by atoms with E-state index < -0.39 is 6.04 Å². The summed E-state index contributed by atoms with van der Waals surface area (Å²) in [5, 5.41) is 12.3. The van der Waals surface area contributed by atoms with Gasteiger partial charge in [-0.1, -0.05) is 58.2 Å². The molecule has 0 saturated heterocycles. The third kappa shape index (κ3) is 6.11. The molecule has 1 heterocycles. The maximum atomic E-state index is 13.6. The van der Waals surface area contributed by atoms with E-state index >= 15 is 0 Å². The topological polar surface area (TPSA) is 86.1 Å². The van der Waals surface area contributed by atoms with E-state index in [1.807, 2.05) is 30.3 Å². The molecule has 1 N–H and O–H groups in total. The molecule has 1 atom stereocenters. The molecule has 0 spiro atoms. The highest BCUT2D eigenvalue weighted by Gasteiger charge is 2.34. The van der Waals surface area contributed by atoms with Crippen LogP contribution in [0.15, 0.2) is 42.6 Å². The van der Waals surface area contributed by atoms with E-state index in [0.29, 0.717) is 11.3 Å². The number of benzene rings is 1. The highest BCUT2D eigenvalue weighted by atomic mass is 35.5. The standard InChI is InChI=1S/C26H31ClN4O2/c1-26(2,3)19-10-13-22(14-11-19)31(23(32)15-27)24(18-9-12-21(16-28)29-17-18)25(33)30-20-7-5-4-6-8-20/h9-14,17,20,24H,4-8,15H2,1-3H3,(H,30,33). The number of rotatable bonds is 6. The summed E-state index contributed by atoms with van der Waals surface area (Å²) < 4.78 is 0. The Morgan fingerprint density at radius 2 is 1.82 bits per heavy atom. The Labute approximate surface area is 201 Å². The minimum absolute atomic E-state index is 0.0470. The van der Waals surface area contributed by atoms with Crippen LogP contribution >= 0.6 is 11.6 Å². The molecule has 174 valence electrons. The smallest absolute Gasteiger partial charge is 0.248 e. The molecule has 2 aromatic rings. The molecule has 0 aliphatic heterocycles. The molecule has 1 aliphatic rings. The van der Waals surface area contributed by atoms with Gasteiger partial charge in [0.05, 0.1) is 0 Å². The van der Waals surface area contributed by atoms with E-state index in [0.717, 1.165) is 31.2 Å². The third-order valence-electron chi connectivity index (χ3n) is 6.07. The Hall–Kier alpha value is -2.91. The van der Waals surface area contributed by atoms with Crippen LogP contribution in [-0.4, -0.2) is 28.7 Å². The summed E-state index contributed by atoms with van der Waals surface area (Å²) in [7, 11) is 0. The average molecular weight is 467 g/mol. The predicted octanol–water partition coefficient (Wildman–Crippen LogP) is 5.01. The van der Waals surface area contributed by atoms with E-state index in [1.54, 1.807) is 12.1 Å². The van der Waals surface area contributed by atoms with Crippen LogP contribution in [0.3, 0.4) is 0 Å². The Bertz CT molecular complexity index is 1000. The van der Waals surface area contributed by atoms with Crippen LogP contribution in [0.4, 0.5) is 5.69 Å². The van der Waals surface area contributed by atoms with Crippen LogP contribution in [0.5, 0.6) is 0 Å². The number of amides is 2. The number of hydrogen-bond donors (Lipinski definition) is 1. The summed E-state index contributed by atoms with van der Waals surface area (Å²) in [6, 6.07) is 12.0. The number of nitriles is 1. The van der Waals surface area contributed by atoms with Crippen molar-refractivity contribution in [3.63, 3.8) is 0 Å². The largest absolute Gasteiger partial charge is 0.351 e. The lowest BCUT2D eigenvalue weighted by Crippen LogP contribution is -2.47. The summed E-state index contributed by atoms with van der Waals surface area (Å²) >= 11 is 5.99. The second-order valence-corrected chi connectivity index (χ2v) is 9.80. The molecule has 6 nitrogen and oxygen atoms in total. The van der Waals surface area contributed by atoms with Crippen LogP contribution in [-0.2, 0) is 15.0 Å². The zero-order valence-electron chi connectivity index (χ0n) is 19.5. The van der Waals surface area contributed by atoms with Gasteiger partial charge in [0.15, 0.2) is 0 Å². The van der Waals surface area contributed by atoms with Crippen molar-refractivity contribution in [2.45, 2.75) is 70.4 Å². The molecule has 1 aromatic carbocycles. The number of aromatic nitrogens is 1. The Balaban J connectivity index is 2.03. The van der Waals surface area contributed by atoms with E-state index in [4.69, 9.17) is 16.9 Å². The van der Waals surface area contributed by atoms with Crippen molar-refractivity contribution in [3.8, 4) is 6.07 Å². The zero-order chi connectivity index (χ0) is 24.0. The number of nitrogens with zero attached hydrogens (tertiary/aromatic N) is 3. The van der Waals surface area contributed by atoms with Crippen molar-refractivity contribution in [1.82, 2.24) is 10.3 Å². The summed E-state index contributed by atoms with van der Waals surface area (Å²) in [5.41, 5.74) is 2.43. The maximum Gasteiger partial charge on any atom is 0.248 e. The number of alkyl halides is 1. The first kappa shape index (κ1) is 24.7. The summed E-state index contributed by atoms with van der Waals surface area (Å²) in [6.07, 6.45) is 6.66. The van der Waals surface area contributed by atoms with Gasteiger partial charge in [0.1, 0.15) is 23.7 Å². The van der Waals surface area contributed by atoms with Crippen molar-refractivity contribution >= 4 is 29.1 Å². The Kier molecular flexibility index (Phi) is 8.10. The first-order chi connectivity index (χ1) is 15.7. The van der Waals surface area contributed by atoms with Gasteiger partial charge in [-0.2, -0.15) is 5.26 Å². The lowest BCUT2D eigenvalue weighted by molar-refractivity contribution is -0.126. The SMILES string of the molecule is CC(C)(C)c1ccc(N(C(=O)CCl)C(C(=O)NC2CCCCC2)c2ccc(C#N)nc2)cc1. The molecule has 33 heavy (non-hydrogen) atoms. The van der Waals surface area contributed by atoms with E-state index in [9.17, 15) is 9.59 Å². The Morgan fingerprint density at radius 3 is 2.33 bits per heavy atom. The highest BCUT2D eigenvalue weighted by Crippen LogP contribution is 2.31. The van der Waals surface area contributed by atoms with Crippen LogP contribution in [0, 0.1) is 11.3 Å². The van der Waals surface area contributed by atoms with Gasteiger partial charge in [0, 0.05) is 23.5 Å². The number of anilines is 1. The molecular formula is C26H31ClN4O2. The summed E-state index contributed by atoms with van der Waals surface area (Å²) in [5.74, 6) is -0.919. The van der Waals surface area contributed by atoms with Crippen LogP contribution in [0.1, 0.15) is 75.7 Å². The highest BCUT2D eigenvalue weighted by molar-refractivity contribution is 6.29. The molecule has 3 rings (SSSR count). The zero-order valence-corrected chi connectivity index (χ0v) is 20.2. The average Bonchev–Trinajstić information content (AvgIpc) is 2.82. The first-order valence-corrected chi connectivity index (χ1v) is 11.9.